The second kappa shape index (κ2) is 5.87. The van der Waals surface area contributed by atoms with Gasteiger partial charge in [-0.2, -0.15) is 5.26 Å². The Labute approximate surface area is 100 Å². The molecule has 0 atom stereocenters. The zero-order valence-electron chi connectivity index (χ0n) is 9.68. The number of nitriles is 1. The molecule has 5 heteroatoms. The topological polar surface area (TPSA) is 90.4 Å². The minimum atomic E-state index is -1.02. The van der Waals surface area contributed by atoms with E-state index >= 15 is 0 Å². The molecule has 0 saturated carbocycles. The first-order valence-corrected chi connectivity index (χ1v) is 5.22. The van der Waals surface area contributed by atoms with Crippen molar-refractivity contribution in [2.45, 2.75) is 13.0 Å². The van der Waals surface area contributed by atoms with Crippen molar-refractivity contribution in [1.29, 1.82) is 5.26 Å². The maximum Gasteiger partial charge on any atom is 0.338 e. The number of nitrogens with zero attached hydrogens (tertiary/aromatic N) is 2. The molecule has 1 rings (SSSR count). The molecule has 0 saturated heterocycles. The number of benzene rings is 1. The summed E-state index contributed by atoms with van der Waals surface area (Å²) in [5.74, 6) is -1.02. The minimum absolute atomic E-state index is 0.149. The Morgan fingerprint density at radius 2 is 2.29 bits per heavy atom. The molecule has 5 nitrogen and oxygen atoms in total. The van der Waals surface area contributed by atoms with E-state index in [2.05, 4.69) is 6.07 Å². The fourth-order valence-electron chi connectivity index (χ4n) is 1.62. The molecule has 0 heterocycles. The summed E-state index contributed by atoms with van der Waals surface area (Å²) >= 11 is 0. The Morgan fingerprint density at radius 3 is 2.88 bits per heavy atom. The van der Waals surface area contributed by atoms with Crippen LogP contribution >= 0.6 is 0 Å². The van der Waals surface area contributed by atoms with E-state index < -0.39 is 5.97 Å². The van der Waals surface area contributed by atoms with Crippen LogP contribution in [-0.4, -0.2) is 29.6 Å². The molecule has 1 aromatic carbocycles. The third kappa shape index (κ3) is 3.47. The van der Waals surface area contributed by atoms with Gasteiger partial charge in [0.15, 0.2) is 0 Å². The van der Waals surface area contributed by atoms with Crippen molar-refractivity contribution < 1.29 is 9.90 Å². The molecule has 0 unspecified atom stereocenters. The van der Waals surface area contributed by atoms with Crippen molar-refractivity contribution in [3.05, 3.63) is 29.3 Å². The summed E-state index contributed by atoms with van der Waals surface area (Å²) in [6, 6.07) is 7.09. The summed E-state index contributed by atoms with van der Waals surface area (Å²) < 4.78 is 0. The van der Waals surface area contributed by atoms with Crippen LogP contribution in [0.25, 0.3) is 0 Å². The van der Waals surface area contributed by atoms with Gasteiger partial charge in [-0.3, -0.25) is 0 Å². The molecule has 90 valence electrons. The Morgan fingerprint density at radius 1 is 1.59 bits per heavy atom. The SMILES string of the molecule is CN(CCC#N)Cc1cccc(N)c1C(=O)O. The van der Waals surface area contributed by atoms with Gasteiger partial charge >= 0.3 is 5.97 Å². The third-order valence-electron chi connectivity index (χ3n) is 2.44. The highest BCUT2D eigenvalue weighted by atomic mass is 16.4. The average molecular weight is 233 g/mol. The second-order valence-electron chi connectivity index (χ2n) is 3.83. The highest BCUT2D eigenvalue weighted by molar-refractivity contribution is 5.95. The summed E-state index contributed by atoms with van der Waals surface area (Å²) in [7, 11) is 1.84. The minimum Gasteiger partial charge on any atom is -0.478 e. The predicted octanol–water partition coefficient (Wildman–Crippen LogP) is 1.31. The van der Waals surface area contributed by atoms with Gasteiger partial charge in [0.05, 0.1) is 11.6 Å². The molecule has 0 aliphatic rings. The van der Waals surface area contributed by atoms with Crippen molar-refractivity contribution in [2.24, 2.45) is 0 Å². The molecular formula is C12H15N3O2. The summed E-state index contributed by atoms with van der Waals surface area (Å²) in [5.41, 5.74) is 6.73. The van der Waals surface area contributed by atoms with Crippen molar-refractivity contribution in [3.63, 3.8) is 0 Å². The number of anilines is 1. The zero-order valence-corrected chi connectivity index (χ0v) is 9.68. The van der Waals surface area contributed by atoms with Gasteiger partial charge in [-0.25, -0.2) is 4.79 Å². The van der Waals surface area contributed by atoms with Crippen LogP contribution in [0.2, 0.25) is 0 Å². The highest BCUT2D eigenvalue weighted by Crippen LogP contribution is 2.18. The van der Waals surface area contributed by atoms with E-state index in [0.717, 1.165) is 0 Å². The van der Waals surface area contributed by atoms with E-state index in [1.165, 1.54) is 0 Å². The standard InChI is InChI=1S/C12H15N3O2/c1-15(7-3-6-13)8-9-4-2-5-10(14)11(9)12(16)17/h2,4-5H,3,7-8,14H2,1H3,(H,16,17). The van der Waals surface area contributed by atoms with E-state index in [1.54, 1.807) is 18.2 Å². The van der Waals surface area contributed by atoms with Gasteiger partial charge in [-0.1, -0.05) is 12.1 Å². The number of nitrogen functional groups attached to an aromatic ring is 1. The second-order valence-corrected chi connectivity index (χ2v) is 3.83. The fraction of sp³-hybridized carbons (Fsp3) is 0.333. The van der Waals surface area contributed by atoms with Crippen molar-refractivity contribution >= 4 is 11.7 Å². The Kier molecular flexibility index (Phi) is 4.49. The van der Waals surface area contributed by atoms with Crippen LogP contribution in [0.1, 0.15) is 22.3 Å². The van der Waals surface area contributed by atoms with E-state index in [-0.39, 0.29) is 11.3 Å². The molecule has 0 aromatic heterocycles. The summed E-state index contributed by atoms with van der Waals surface area (Å²) in [5, 5.41) is 17.6. The van der Waals surface area contributed by atoms with Crippen molar-refractivity contribution in [2.75, 3.05) is 19.3 Å². The van der Waals surface area contributed by atoms with Crippen LogP contribution in [-0.2, 0) is 6.54 Å². The fourth-order valence-corrected chi connectivity index (χ4v) is 1.62. The van der Waals surface area contributed by atoms with Crippen LogP contribution in [0.5, 0.6) is 0 Å². The monoisotopic (exact) mass is 233 g/mol. The normalized spacial score (nSPS) is 10.2. The number of hydrogen-bond donors (Lipinski definition) is 2. The Bertz CT molecular complexity index is 452. The predicted molar refractivity (Wildman–Crippen MR) is 64.4 cm³/mol. The van der Waals surface area contributed by atoms with Crippen LogP contribution in [0.3, 0.4) is 0 Å². The Balaban J connectivity index is 2.88. The molecule has 1 aromatic rings. The summed E-state index contributed by atoms with van der Waals surface area (Å²) in [4.78, 5) is 13.0. The smallest absolute Gasteiger partial charge is 0.338 e. The molecule has 3 N–H and O–H groups in total. The van der Waals surface area contributed by atoms with Crippen molar-refractivity contribution in [3.8, 4) is 6.07 Å². The quantitative estimate of drug-likeness (QED) is 0.748. The molecule has 0 fully saturated rings. The first-order valence-electron chi connectivity index (χ1n) is 5.22. The molecule has 17 heavy (non-hydrogen) atoms. The summed E-state index contributed by atoms with van der Waals surface area (Å²) in [6.07, 6.45) is 0.418. The molecule has 0 amide bonds. The molecular weight excluding hydrogens is 218 g/mol. The number of carboxylic acids is 1. The van der Waals surface area contributed by atoms with E-state index in [9.17, 15) is 4.79 Å². The van der Waals surface area contributed by atoms with Gasteiger partial charge in [0.1, 0.15) is 0 Å². The van der Waals surface area contributed by atoms with Crippen LogP contribution in [0.4, 0.5) is 5.69 Å². The number of rotatable bonds is 5. The summed E-state index contributed by atoms with van der Waals surface area (Å²) in [6.45, 7) is 1.07. The van der Waals surface area contributed by atoms with E-state index in [0.29, 0.717) is 25.1 Å². The maximum atomic E-state index is 11.1. The van der Waals surface area contributed by atoms with Gasteiger partial charge < -0.3 is 15.7 Å². The van der Waals surface area contributed by atoms with E-state index in [1.807, 2.05) is 11.9 Å². The number of carbonyl (C=O) groups is 1. The lowest BCUT2D eigenvalue weighted by atomic mass is 10.1. The van der Waals surface area contributed by atoms with Gasteiger partial charge in [-0.15, -0.1) is 0 Å². The van der Waals surface area contributed by atoms with Gasteiger partial charge in [0.2, 0.25) is 0 Å². The maximum absolute atomic E-state index is 11.1. The third-order valence-corrected chi connectivity index (χ3v) is 2.44. The molecule has 0 bridgehead atoms. The molecule has 0 radical (unpaired) electrons. The largest absolute Gasteiger partial charge is 0.478 e. The van der Waals surface area contributed by atoms with Crippen LogP contribution in [0, 0.1) is 11.3 Å². The number of nitrogens with two attached hydrogens (primary N) is 1. The van der Waals surface area contributed by atoms with Crippen LogP contribution < -0.4 is 5.73 Å². The molecule has 0 aliphatic heterocycles. The first kappa shape index (κ1) is 13.0. The number of aromatic carboxylic acids is 1. The van der Waals surface area contributed by atoms with Crippen molar-refractivity contribution in [1.82, 2.24) is 4.90 Å². The zero-order chi connectivity index (χ0) is 12.8. The Hall–Kier alpha value is -2.06. The lowest BCUT2D eigenvalue weighted by molar-refractivity contribution is 0.0696. The number of carboxylic acid groups (broad SMARTS) is 1. The lowest BCUT2D eigenvalue weighted by Gasteiger charge is -2.17. The number of hydrogen-bond acceptors (Lipinski definition) is 4. The van der Waals surface area contributed by atoms with E-state index in [4.69, 9.17) is 16.1 Å². The van der Waals surface area contributed by atoms with Gasteiger partial charge in [-0.05, 0) is 18.7 Å². The highest BCUT2D eigenvalue weighted by Gasteiger charge is 2.14. The van der Waals surface area contributed by atoms with Gasteiger partial charge in [0, 0.05) is 25.2 Å². The lowest BCUT2D eigenvalue weighted by Crippen LogP contribution is -2.21. The van der Waals surface area contributed by atoms with Crippen LogP contribution in [0.15, 0.2) is 18.2 Å². The molecule has 0 aliphatic carbocycles. The molecule has 0 spiro atoms. The van der Waals surface area contributed by atoms with Gasteiger partial charge in [0.25, 0.3) is 0 Å². The first-order chi connectivity index (χ1) is 8.06. The average Bonchev–Trinajstić information content (AvgIpc) is 2.25.